The van der Waals surface area contributed by atoms with Gasteiger partial charge in [-0.25, -0.2) is 13.6 Å². The molecule has 0 aromatic heterocycles. The van der Waals surface area contributed by atoms with Crippen molar-refractivity contribution in [1.82, 2.24) is 5.32 Å². The number of amides is 1. The minimum Gasteiger partial charge on any atom is -0.374 e. The number of carbonyl (C=O) groups excluding carboxylic acids is 1. The molecule has 3 aliphatic rings. The maximum absolute atomic E-state index is 13.4. The Bertz CT molecular complexity index is 728. The number of hydrogen-bond acceptors (Lipinski definition) is 4. The fourth-order valence-corrected chi connectivity index (χ4v) is 6.41. The van der Waals surface area contributed by atoms with Crippen molar-refractivity contribution in [2.45, 2.75) is 106 Å². The molecule has 0 bridgehead atoms. The standard InChI is InChI=1S/C20H32ClF3N2O4S/c21-13-5-7-15(8-6-13)30-18-9-4-12(20(22,23)24)10-17(18)19(27)26-14-2-1-3-16(11-14)31(25,28)29/h12-18H,1-11H2,(H,26,27)(H2,25,28,29). The summed E-state index contributed by atoms with van der Waals surface area (Å²) in [4.78, 5) is 13.0. The van der Waals surface area contributed by atoms with Crippen LogP contribution in [0.1, 0.15) is 70.6 Å². The molecule has 5 unspecified atom stereocenters. The Hall–Kier alpha value is -0.580. The molecule has 0 spiro atoms. The van der Waals surface area contributed by atoms with Crippen LogP contribution in [0.15, 0.2) is 0 Å². The summed E-state index contributed by atoms with van der Waals surface area (Å²) in [6.07, 6.45) is -0.385. The maximum atomic E-state index is 13.4. The number of halogens is 4. The number of rotatable bonds is 5. The molecule has 3 aliphatic carbocycles. The van der Waals surface area contributed by atoms with E-state index in [0.717, 1.165) is 25.7 Å². The van der Waals surface area contributed by atoms with Crippen molar-refractivity contribution in [1.29, 1.82) is 0 Å². The second kappa shape index (κ2) is 10.1. The molecular weight excluding hydrogens is 457 g/mol. The highest BCUT2D eigenvalue weighted by atomic mass is 35.5. The Balaban J connectivity index is 1.66. The summed E-state index contributed by atoms with van der Waals surface area (Å²) in [5.41, 5.74) is 0. The molecule has 1 amide bonds. The van der Waals surface area contributed by atoms with Gasteiger partial charge in [0.15, 0.2) is 0 Å². The van der Waals surface area contributed by atoms with Crippen LogP contribution in [-0.4, -0.2) is 49.4 Å². The van der Waals surface area contributed by atoms with E-state index in [0.29, 0.717) is 19.3 Å². The van der Waals surface area contributed by atoms with E-state index in [2.05, 4.69) is 5.32 Å². The number of hydrogen-bond donors (Lipinski definition) is 2. The lowest BCUT2D eigenvalue weighted by Gasteiger charge is -2.39. The van der Waals surface area contributed by atoms with Crippen molar-refractivity contribution in [3.8, 4) is 0 Å². The zero-order valence-electron chi connectivity index (χ0n) is 17.5. The van der Waals surface area contributed by atoms with E-state index in [1.165, 1.54) is 0 Å². The largest absolute Gasteiger partial charge is 0.391 e. The quantitative estimate of drug-likeness (QED) is 0.577. The molecule has 0 aliphatic heterocycles. The van der Waals surface area contributed by atoms with Crippen molar-refractivity contribution in [3.63, 3.8) is 0 Å². The topological polar surface area (TPSA) is 98.5 Å². The second-order valence-electron chi connectivity index (χ2n) is 9.29. The van der Waals surface area contributed by atoms with E-state index in [-0.39, 0.29) is 37.2 Å². The normalized spacial score (nSPS) is 37.9. The molecule has 11 heteroatoms. The monoisotopic (exact) mass is 488 g/mol. The van der Waals surface area contributed by atoms with Crippen LogP contribution < -0.4 is 10.5 Å². The third-order valence-corrected chi connectivity index (χ3v) is 8.79. The highest BCUT2D eigenvalue weighted by Gasteiger charge is 2.48. The highest BCUT2D eigenvalue weighted by molar-refractivity contribution is 7.89. The molecule has 180 valence electrons. The van der Waals surface area contributed by atoms with Crippen molar-refractivity contribution in [3.05, 3.63) is 0 Å². The van der Waals surface area contributed by atoms with Crippen LogP contribution in [0.4, 0.5) is 13.2 Å². The Morgan fingerprint density at radius 2 is 1.68 bits per heavy atom. The Kier molecular flexibility index (Phi) is 8.19. The number of nitrogens with two attached hydrogens (primary N) is 1. The van der Waals surface area contributed by atoms with Gasteiger partial charge in [-0.1, -0.05) is 6.42 Å². The third kappa shape index (κ3) is 6.95. The van der Waals surface area contributed by atoms with Gasteiger partial charge in [0.2, 0.25) is 15.9 Å². The van der Waals surface area contributed by atoms with Gasteiger partial charge in [-0.05, 0) is 64.2 Å². The zero-order valence-corrected chi connectivity index (χ0v) is 19.0. The van der Waals surface area contributed by atoms with Crippen molar-refractivity contribution < 1.29 is 31.1 Å². The van der Waals surface area contributed by atoms with Crippen molar-refractivity contribution in [2.75, 3.05) is 0 Å². The third-order valence-electron chi connectivity index (χ3n) is 6.99. The molecular formula is C20H32ClF3N2O4S. The number of alkyl halides is 4. The van der Waals surface area contributed by atoms with Crippen LogP contribution in [-0.2, 0) is 19.6 Å². The lowest BCUT2D eigenvalue weighted by Crippen LogP contribution is -2.50. The smallest absolute Gasteiger partial charge is 0.374 e. The summed E-state index contributed by atoms with van der Waals surface area (Å²) in [5.74, 6) is -2.93. The van der Waals surface area contributed by atoms with Gasteiger partial charge >= 0.3 is 6.18 Å². The van der Waals surface area contributed by atoms with E-state index in [4.69, 9.17) is 21.5 Å². The number of carbonyl (C=O) groups is 1. The molecule has 3 saturated carbocycles. The van der Waals surface area contributed by atoms with Crippen LogP contribution in [0.5, 0.6) is 0 Å². The molecule has 0 aromatic rings. The van der Waals surface area contributed by atoms with Crippen LogP contribution in [0, 0.1) is 11.8 Å². The average molecular weight is 489 g/mol. The van der Waals surface area contributed by atoms with Gasteiger partial charge in [0.25, 0.3) is 0 Å². The van der Waals surface area contributed by atoms with E-state index in [9.17, 15) is 26.4 Å². The second-order valence-corrected chi connectivity index (χ2v) is 11.8. The first-order chi connectivity index (χ1) is 14.4. The summed E-state index contributed by atoms with van der Waals surface area (Å²) < 4.78 is 69.6. The van der Waals surface area contributed by atoms with Crippen LogP contribution >= 0.6 is 11.6 Å². The molecule has 31 heavy (non-hydrogen) atoms. The van der Waals surface area contributed by atoms with Gasteiger partial charge in [-0.3, -0.25) is 4.79 Å². The van der Waals surface area contributed by atoms with Gasteiger partial charge in [0.1, 0.15) is 0 Å². The lowest BCUT2D eigenvalue weighted by atomic mass is 9.78. The highest BCUT2D eigenvalue weighted by Crippen LogP contribution is 2.42. The molecule has 5 atom stereocenters. The molecule has 0 saturated heterocycles. The Morgan fingerprint density at radius 1 is 1.00 bits per heavy atom. The Morgan fingerprint density at radius 3 is 2.29 bits per heavy atom. The van der Waals surface area contributed by atoms with Gasteiger partial charge in [-0.2, -0.15) is 13.2 Å². The first-order valence-corrected chi connectivity index (χ1v) is 13.2. The van der Waals surface area contributed by atoms with E-state index < -0.39 is 51.3 Å². The first-order valence-electron chi connectivity index (χ1n) is 11.1. The molecule has 6 nitrogen and oxygen atoms in total. The van der Waals surface area contributed by atoms with Gasteiger partial charge in [-0.15, -0.1) is 11.6 Å². The zero-order chi connectivity index (χ0) is 22.8. The summed E-state index contributed by atoms with van der Waals surface area (Å²) >= 11 is 6.13. The minimum atomic E-state index is -4.36. The van der Waals surface area contributed by atoms with Gasteiger partial charge in [0, 0.05) is 11.4 Å². The van der Waals surface area contributed by atoms with Crippen LogP contribution in [0.2, 0.25) is 0 Å². The van der Waals surface area contributed by atoms with E-state index >= 15 is 0 Å². The molecule has 3 rings (SSSR count). The SMILES string of the molecule is NS(=O)(=O)C1CCCC(NC(=O)C2CC(C(F)(F)F)CCC2OC2CCC(Cl)CC2)C1. The molecule has 0 aromatic carbocycles. The Labute approximate surface area is 186 Å². The predicted molar refractivity (Wildman–Crippen MR) is 111 cm³/mol. The average Bonchev–Trinajstić information content (AvgIpc) is 2.68. The fourth-order valence-electron chi connectivity index (χ4n) is 5.17. The van der Waals surface area contributed by atoms with Gasteiger partial charge in [0.05, 0.1) is 29.3 Å². The number of nitrogens with one attached hydrogen (secondary N) is 1. The van der Waals surface area contributed by atoms with E-state index in [1.807, 2.05) is 0 Å². The van der Waals surface area contributed by atoms with Crippen LogP contribution in [0.25, 0.3) is 0 Å². The number of ether oxygens (including phenoxy) is 1. The number of primary sulfonamides is 1. The first kappa shape index (κ1) is 25.1. The van der Waals surface area contributed by atoms with Crippen molar-refractivity contribution >= 4 is 27.5 Å². The molecule has 0 radical (unpaired) electrons. The fraction of sp³-hybridized carbons (Fsp3) is 0.950. The predicted octanol–water partition coefficient (Wildman–Crippen LogP) is 3.62. The lowest BCUT2D eigenvalue weighted by molar-refractivity contribution is -0.198. The summed E-state index contributed by atoms with van der Waals surface area (Å²) in [5, 5.41) is 7.42. The van der Waals surface area contributed by atoms with Crippen LogP contribution in [0.3, 0.4) is 0 Å². The van der Waals surface area contributed by atoms with Crippen molar-refractivity contribution in [2.24, 2.45) is 17.0 Å². The minimum absolute atomic E-state index is 0.0558. The molecule has 0 heterocycles. The maximum Gasteiger partial charge on any atom is 0.391 e. The number of sulfonamides is 1. The summed E-state index contributed by atoms with van der Waals surface area (Å²) in [6.45, 7) is 0. The summed E-state index contributed by atoms with van der Waals surface area (Å²) in [7, 11) is -3.72. The molecule has 3 N–H and O–H groups in total. The molecule has 3 fully saturated rings. The summed E-state index contributed by atoms with van der Waals surface area (Å²) in [6, 6.07) is -0.414. The van der Waals surface area contributed by atoms with Gasteiger partial charge < -0.3 is 10.1 Å². The van der Waals surface area contributed by atoms with E-state index in [1.54, 1.807) is 0 Å².